The van der Waals surface area contributed by atoms with Crippen LogP contribution in [0.4, 0.5) is 0 Å². The third-order valence-corrected chi connectivity index (χ3v) is 7.40. The molecule has 0 spiro atoms. The van der Waals surface area contributed by atoms with Gasteiger partial charge < -0.3 is 14.5 Å². The molecule has 0 bridgehead atoms. The Balaban J connectivity index is 1.78. The van der Waals surface area contributed by atoms with Crippen LogP contribution in [0.25, 0.3) is 0 Å². The zero-order valence-electron chi connectivity index (χ0n) is 20.8. The fraction of sp³-hybridized carbons (Fsp3) is 0.625. The van der Waals surface area contributed by atoms with Crippen molar-refractivity contribution >= 4 is 27.8 Å². The SMILES string of the molecule is CCOC(=O)C1CCN(C(=O)CN(C)C(=O)CCNS(=O)(=O)c2ccc(C(C)(C)C)cc2)CC1. The fourth-order valence-corrected chi connectivity index (χ4v) is 4.75. The summed E-state index contributed by atoms with van der Waals surface area (Å²) in [6.07, 6.45) is 1.02. The molecule has 0 aliphatic carbocycles. The zero-order chi connectivity index (χ0) is 25.5. The molecule has 9 nitrogen and oxygen atoms in total. The van der Waals surface area contributed by atoms with Crippen molar-refractivity contribution in [1.29, 1.82) is 0 Å². The summed E-state index contributed by atoms with van der Waals surface area (Å²) in [7, 11) is -2.22. The zero-order valence-corrected chi connectivity index (χ0v) is 21.6. The molecule has 2 amide bonds. The van der Waals surface area contributed by atoms with Crippen molar-refractivity contribution in [1.82, 2.24) is 14.5 Å². The number of esters is 1. The van der Waals surface area contributed by atoms with Gasteiger partial charge in [0.2, 0.25) is 21.8 Å². The number of hydrogen-bond acceptors (Lipinski definition) is 6. The van der Waals surface area contributed by atoms with Crippen molar-refractivity contribution < 1.29 is 27.5 Å². The van der Waals surface area contributed by atoms with Crippen molar-refractivity contribution in [3.63, 3.8) is 0 Å². The molecule has 1 aliphatic rings. The summed E-state index contributed by atoms with van der Waals surface area (Å²) >= 11 is 0. The summed E-state index contributed by atoms with van der Waals surface area (Å²) < 4.78 is 32.5. The lowest BCUT2D eigenvalue weighted by Gasteiger charge is -2.32. The lowest BCUT2D eigenvalue weighted by Crippen LogP contribution is -2.46. The van der Waals surface area contributed by atoms with E-state index in [9.17, 15) is 22.8 Å². The number of hydrogen-bond donors (Lipinski definition) is 1. The molecule has 2 rings (SSSR count). The van der Waals surface area contributed by atoms with Crippen molar-refractivity contribution in [2.45, 2.75) is 57.3 Å². The van der Waals surface area contributed by atoms with Crippen molar-refractivity contribution in [3.05, 3.63) is 29.8 Å². The number of likely N-dealkylation sites (N-methyl/N-ethyl adjacent to an activating group) is 1. The van der Waals surface area contributed by atoms with Crippen molar-refractivity contribution in [2.24, 2.45) is 5.92 Å². The number of nitrogens with zero attached hydrogens (tertiary/aromatic N) is 2. The van der Waals surface area contributed by atoms with Crippen LogP contribution in [-0.2, 0) is 34.6 Å². The van der Waals surface area contributed by atoms with E-state index in [1.165, 1.54) is 11.9 Å². The van der Waals surface area contributed by atoms with Crippen LogP contribution < -0.4 is 4.72 Å². The Kier molecular flexibility index (Phi) is 9.64. The first-order valence-corrected chi connectivity index (χ1v) is 13.1. The third-order valence-electron chi connectivity index (χ3n) is 5.93. The van der Waals surface area contributed by atoms with Crippen LogP contribution in [0.15, 0.2) is 29.2 Å². The second-order valence-electron chi connectivity index (χ2n) is 9.58. The van der Waals surface area contributed by atoms with Crippen LogP contribution in [0.3, 0.4) is 0 Å². The standard InChI is InChI=1S/C24H37N3O6S/c1-6-33-23(30)18-12-15-27(16-13-18)22(29)17-26(5)21(28)11-14-25-34(31,32)20-9-7-19(8-10-20)24(2,3)4/h7-10,18,25H,6,11-17H2,1-5H3. The van der Waals surface area contributed by atoms with E-state index in [1.54, 1.807) is 36.1 Å². The number of benzene rings is 1. The lowest BCUT2D eigenvalue weighted by atomic mass is 9.87. The smallest absolute Gasteiger partial charge is 0.309 e. The molecular weight excluding hydrogens is 458 g/mol. The highest BCUT2D eigenvalue weighted by Gasteiger charge is 2.29. The Bertz CT molecular complexity index is 961. The first-order valence-electron chi connectivity index (χ1n) is 11.6. The van der Waals surface area contributed by atoms with E-state index in [1.807, 2.05) is 20.8 Å². The predicted octanol–water partition coefficient (Wildman–Crippen LogP) is 1.91. The van der Waals surface area contributed by atoms with Crippen LogP contribution in [0.2, 0.25) is 0 Å². The minimum absolute atomic E-state index is 0.0615. The molecule has 0 aromatic heterocycles. The Morgan fingerprint density at radius 2 is 1.71 bits per heavy atom. The highest BCUT2D eigenvalue weighted by molar-refractivity contribution is 7.89. The number of likely N-dealkylation sites (tertiary alicyclic amines) is 1. The summed E-state index contributed by atoms with van der Waals surface area (Å²) in [5.74, 6) is -0.950. The minimum Gasteiger partial charge on any atom is -0.466 e. The van der Waals surface area contributed by atoms with E-state index in [0.29, 0.717) is 32.5 Å². The highest BCUT2D eigenvalue weighted by atomic mass is 32.2. The average Bonchev–Trinajstić information content (AvgIpc) is 2.78. The van der Waals surface area contributed by atoms with Crippen molar-refractivity contribution in [2.75, 3.05) is 39.8 Å². The number of carbonyl (C=O) groups is 3. The first kappa shape index (κ1) is 27.8. The monoisotopic (exact) mass is 495 g/mol. The van der Waals surface area contributed by atoms with Gasteiger partial charge in [0.1, 0.15) is 0 Å². The van der Waals surface area contributed by atoms with Crippen LogP contribution >= 0.6 is 0 Å². The van der Waals surface area contributed by atoms with E-state index >= 15 is 0 Å². The highest BCUT2D eigenvalue weighted by Crippen LogP contribution is 2.23. The second-order valence-corrected chi connectivity index (χ2v) is 11.3. The summed E-state index contributed by atoms with van der Waals surface area (Å²) in [4.78, 5) is 39.9. The number of ether oxygens (including phenoxy) is 1. The summed E-state index contributed by atoms with van der Waals surface area (Å²) in [5, 5.41) is 0. The molecule has 1 fully saturated rings. The van der Waals surface area contributed by atoms with Crippen molar-refractivity contribution in [3.8, 4) is 0 Å². The van der Waals surface area contributed by atoms with Gasteiger partial charge in [-0.15, -0.1) is 0 Å². The van der Waals surface area contributed by atoms with Crippen LogP contribution in [-0.4, -0.2) is 75.8 Å². The molecule has 1 N–H and O–H groups in total. The molecule has 0 unspecified atom stereocenters. The van der Waals surface area contributed by atoms with Gasteiger partial charge in [0.15, 0.2) is 0 Å². The molecule has 0 atom stereocenters. The molecule has 1 heterocycles. The van der Waals surface area contributed by atoms with Gasteiger partial charge in [0.05, 0.1) is 24.0 Å². The quantitative estimate of drug-likeness (QED) is 0.524. The van der Waals surface area contributed by atoms with Gasteiger partial charge in [-0.1, -0.05) is 32.9 Å². The summed E-state index contributed by atoms with van der Waals surface area (Å²) in [5.41, 5.74) is 0.944. The van der Waals surface area contributed by atoms with E-state index in [2.05, 4.69) is 4.72 Å². The van der Waals surface area contributed by atoms with E-state index in [0.717, 1.165) is 5.56 Å². The van der Waals surface area contributed by atoms with E-state index in [-0.39, 0.29) is 53.5 Å². The molecule has 34 heavy (non-hydrogen) atoms. The van der Waals surface area contributed by atoms with Gasteiger partial charge >= 0.3 is 5.97 Å². The largest absolute Gasteiger partial charge is 0.466 e. The maximum Gasteiger partial charge on any atom is 0.309 e. The molecular formula is C24H37N3O6S. The molecule has 1 aliphatic heterocycles. The van der Waals surface area contributed by atoms with E-state index in [4.69, 9.17) is 4.74 Å². The number of amides is 2. The first-order chi connectivity index (χ1) is 15.8. The Morgan fingerprint density at radius 1 is 1.12 bits per heavy atom. The molecule has 0 saturated carbocycles. The third kappa shape index (κ3) is 7.80. The summed E-state index contributed by atoms with van der Waals surface area (Å²) in [6.45, 7) is 8.97. The molecule has 10 heteroatoms. The number of carbonyl (C=O) groups excluding carboxylic acids is 3. The molecule has 1 aromatic rings. The average molecular weight is 496 g/mol. The number of sulfonamides is 1. The molecule has 1 saturated heterocycles. The summed E-state index contributed by atoms with van der Waals surface area (Å²) in [6, 6.07) is 6.69. The van der Waals surface area contributed by atoms with Gasteiger partial charge in [-0.2, -0.15) is 0 Å². The molecule has 0 radical (unpaired) electrons. The lowest BCUT2D eigenvalue weighted by molar-refractivity contribution is -0.151. The van der Waals surface area contributed by atoms with Gasteiger partial charge in [0.25, 0.3) is 0 Å². The predicted molar refractivity (Wildman–Crippen MR) is 129 cm³/mol. The maximum absolute atomic E-state index is 12.5. The number of rotatable bonds is 9. The topological polar surface area (TPSA) is 113 Å². The normalized spacial score (nSPS) is 15.1. The number of nitrogens with one attached hydrogen (secondary N) is 1. The van der Waals surface area contributed by atoms with E-state index < -0.39 is 10.0 Å². The molecule has 190 valence electrons. The van der Waals surface area contributed by atoms with Gasteiger partial charge in [-0.05, 0) is 42.9 Å². The van der Waals surface area contributed by atoms with Gasteiger partial charge in [0, 0.05) is 33.1 Å². The second kappa shape index (κ2) is 11.8. The minimum atomic E-state index is -3.73. The number of piperidine rings is 1. The maximum atomic E-state index is 12.5. The Labute approximate surface area is 202 Å². The Morgan fingerprint density at radius 3 is 2.24 bits per heavy atom. The van der Waals surface area contributed by atoms with Crippen LogP contribution in [0, 0.1) is 5.92 Å². The van der Waals surface area contributed by atoms with Crippen LogP contribution in [0.1, 0.15) is 52.5 Å². The fourth-order valence-electron chi connectivity index (χ4n) is 3.72. The van der Waals surface area contributed by atoms with Crippen LogP contribution in [0.5, 0.6) is 0 Å². The van der Waals surface area contributed by atoms with Gasteiger partial charge in [-0.25, -0.2) is 13.1 Å². The van der Waals surface area contributed by atoms with Gasteiger partial charge in [-0.3, -0.25) is 14.4 Å². The molecule has 1 aromatic carbocycles. The Hall–Kier alpha value is -2.46.